The van der Waals surface area contributed by atoms with Crippen LogP contribution in [-0.4, -0.2) is 17.6 Å². The van der Waals surface area contributed by atoms with Crippen molar-refractivity contribution in [3.8, 4) is 0 Å². The minimum absolute atomic E-state index is 0.438. The van der Waals surface area contributed by atoms with Crippen LogP contribution < -0.4 is 10.6 Å². The fourth-order valence-electron chi connectivity index (χ4n) is 2.18. The number of anilines is 1. The highest BCUT2D eigenvalue weighted by atomic mass is 19.1. The molecule has 7 heteroatoms. The number of ether oxygens (including phenoxy) is 1. The average Bonchev–Trinajstić information content (AvgIpc) is 2.55. The van der Waals surface area contributed by atoms with E-state index in [1.165, 1.54) is 6.07 Å². The van der Waals surface area contributed by atoms with E-state index in [-0.39, 0.29) is 0 Å². The molecular weight excluding hydrogens is 342 g/mol. The van der Waals surface area contributed by atoms with Gasteiger partial charge in [0.25, 0.3) is 5.91 Å². The van der Waals surface area contributed by atoms with Gasteiger partial charge in [0.05, 0.1) is 0 Å². The summed E-state index contributed by atoms with van der Waals surface area (Å²) in [5, 5.41) is 4.62. The van der Waals surface area contributed by atoms with Crippen LogP contribution in [0.1, 0.15) is 32.4 Å². The van der Waals surface area contributed by atoms with Crippen LogP contribution in [0.25, 0.3) is 0 Å². The molecule has 2 amide bonds. The molecule has 0 aliphatic carbocycles. The van der Waals surface area contributed by atoms with Crippen molar-refractivity contribution in [2.45, 2.75) is 32.4 Å². The molecule has 0 fully saturated rings. The average molecular weight is 362 g/mol. The second-order valence-electron chi connectivity index (χ2n) is 6.58. The van der Waals surface area contributed by atoms with Crippen molar-refractivity contribution in [2.75, 3.05) is 5.32 Å². The molecule has 2 N–H and O–H groups in total. The Morgan fingerprint density at radius 2 is 1.54 bits per heavy atom. The number of para-hydroxylation sites is 1. The van der Waals surface area contributed by atoms with Crippen LogP contribution in [0.15, 0.2) is 48.5 Å². The summed E-state index contributed by atoms with van der Waals surface area (Å²) >= 11 is 0. The second-order valence-corrected chi connectivity index (χ2v) is 6.58. The van der Waals surface area contributed by atoms with Gasteiger partial charge in [0, 0.05) is 0 Å². The van der Waals surface area contributed by atoms with Gasteiger partial charge in [-0.25, -0.2) is 13.6 Å². The van der Waals surface area contributed by atoms with Gasteiger partial charge in [-0.3, -0.25) is 4.79 Å². The first-order chi connectivity index (χ1) is 12.2. The van der Waals surface area contributed by atoms with E-state index >= 15 is 0 Å². The lowest BCUT2D eigenvalue weighted by Crippen LogP contribution is -2.40. The summed E-state index contributed by atoms with van der Waals surface area (Å²) in [5.74, 6) is -2.63. The molecule has 2 rings (SSSR count). The fraction of sp³-hybridized carbons (Fsp3) is 0.263. The van der Waals surface area contributed by atoms with Crippen molar-refractivity contribution in [3.05, 3.63) is 65.7 Å². The van der Waals surface area contributed by atoms with Gasteiger partial charge in [-0.05, 0) is 38.5 Å². The predicted molar refractivity (Wildman–Crippen MR) is 93.5 cm³/mol. The van der Waals surface area contributed by atoms with Gasteiger partial charge < -0.3 is 15.4 Å². The topological polar surface area (TPSA) is 67.4 Å². The molecule has 0 saturated carbocycles. The highest BCUT2D eigenvalue weighted by molar-refractivity contribution is 5.97. The number of carbonyl (C=O) groups excluding carboxylic acids is 2. The van der Waals surface area contributed by atoms with E-state index in [4.69, 9.17) is 4.74 Å². The molecule has 0 spiro atoms. The normalized spacial score (nSPS) is 12.2. The van der Waals surface area contributed by atoms with Gasteiger partial charge in [-0.1, -0.05) is 36.4 Å². The predicted octanol–water partition coefficient (Wildman–Crippen LogP) is 4.17. The minimum atomic E-state index is -1.19. The first-order valence-corrected chi connectivity index (χ1v) is 7.97. The number of halogens is 2. The number of nitrogens with one attached hydrogen (secondary N) is 2. The van der Waals surface area contributed by atoms with E-state index in [0.29, 0.717) is 5.56 Å². The third-order valence-electron chi connectivity index (χ3n) is 3.27. The van der Waals surface area contributed by atoms with Crippen LogP contribution in [0.3, 0.4) is 0 Å². The summed E-state index contributed by atoms with van der Waals surface area (Å²) in [7, 11) is 0. The zero-order chi connectivity index (χ0) is 19.3. The van der Waals surface area contributed by atoms with Crippen LogP contribution in [0.4, 0.5) is 19.3 Å². The number of hydrogen-bond acceptors (Lipinski definition) is 3. The zero-order valence-corrected chi connectivity index (χ0v) is 14.7. The standard InChI is InChI=1S/C19H20F2N2O3/c1-19(2,3)26-18(25)23-15(12-8-5-4-6-9-12)17(24)22-16-13(20)10-7-11-14(16)21/h4-11,15H,1-3H3,(H,22,24)(H,23,25). The highest BCUT2D eigenvalue weighted by Gasteiger charge is 2.27. The Morgan fingerprint density at radius 3 is 2.08 bits per heavy atom. The van der Waals surface area contributed by atoms with Gasteiger partial charge in [0.2, 0.25) is 0 Å². The molecule has 0 aliphatic rings. The summed E-state index contributed by atoms with van der Waals surface area (Å²) in [6, 6.07) is 10.4. The van der Waals surface area contributed by atoms with Crippen molar-refractivity contribution >= 4 is 17.7 Å². The number of rotatable bonds is 4. The van der Waals surface area contributed by atoms with E-state index in [9.17, 15) is 18.4 Å². The van der Waals surface area contributed by atoms with Crippen LogP contribution in [0, 0.1) is 11.6 Å². The molecule has 2 aromatic rings. The third kappa shape index (κ3) is 5.27. The summed E-state index contributed by atoms with van der Waals surface area (Å²) in [5.41, 5.74) is -0.906. The van der Waals surface area contributed by atoms with Crippen molar-refractivity contribution < 1.29 is 23.1 Å². The quantitative estimate of drug-likeness (QED) is 0.858. The Balaban J connectivity index is 2.26. The Kier molecular flexibility index (Phi) is 5.92. The van der Waals surface area contributed by atoms with Gasteiger partial charge in [0.1, 0.15) is 29.0 Å². The van der Waals surface area contributed by atoms with E-state index in [1.807, 2.05) is 0 Å². The number of alkyl carbamates (subject to hydrolysis) is 1. The minimum Gasteiger partial charge on any atom is -0.444 e. The SMILES string of the molecule is CC(C)(C)OC(=O)NC(C(=O)Nc1c(F)cccc1F)c1ccccc1. The first kappa shape index (κ1) is 19.4. The van der Waals surface area contributed by atoms with Crippen molar-refractivity contribution in [1.82, 2.24) is 5.32 Å². The fourth-order valence-corrected chi connectivity index (χ4v) is 2.18. The zero-order valence-electron chi connectivity index (χ0n) is 14.7. The third-order valence-corrected chi connectivity index (χ3v) is 3.27. The van der Waals surface area contributed by atoms with Gasteiger partial charge in [-0.2, -0.15) is 0 Å². The monoisotopic (exact) mass is 362 g/mol. The van der Waals surface area contributed by atoms with Crippen molar-refractivity contribution in [1.29, 1.82) is 0 Å². The number of amides is 2. The van der Waals surface area contributed by atoms with Gasteiger partial charge in [-0.15, -0.1) is 0 Å². The molecular formula is C19H20F2N2O3. The molecule has 1 unspecified atom stereocenters. The van der Waals surface area contributed by atoms with Gasteiger partial charge in [0.15, 0.2) is 0 Å². The number of benzene rings is 2. The summed E-state index contributed by atoms with van der Waals surface area (Å²) in [4.78, 5) is 24.7. The molecule has 138 valence electrons. The Labute approximate surface area is 150 Å². The Bertz CT molecular complexity index is 769. The maximum Gasteiger partial charge on any atom is 0.408 e. The van der Waals surface area contributed by atoms with E-state index in [2.05, 4.69) is 10.6 Å². The molecule has 0 saturated heterocycles. The molecule has 0 aromatic heterocycles. The molecule has 2 aromatic carbocycles. The van der Waals surface area contributed by atoms with Crippen LogP contribution >= 0.6 is 0 Å². The lowest BCUT2D eigenvalue weighted by Gasteiger charge is -2.23. The molecule has 0 heterocycles. The molecule has 0 aliphatic heterocycles. The molecule has 26 heavy (non-hydrogen) atoms. The largest absolute Gasteiger partial charge is 0.444 e. The highest BCUT2D eigenvalue weighted by Crippen LogP contribution is 2.21. The number of carbonyl (C=O) groups is 2. The Hall–Kier alpha value is -2.96. The molecule has 5 nitrogen and oxygen atoms in total. The van der Waals surface area contributed by atoms with Crippen LogP contribution in [-0.2, 0) is 9.53 Å². The lowest BCUT2D eigenvalue weighted by molar-refractivity contribution is -0.118. The van der Waals surface area contributed by atoms with Crippen LogP contribution in [0.5, 0.6) is 0 Å². The maximum atomic E-state index is 13.8. The van der Waals surface area contributed by atoms with Gasteiger partial charge >= 0.3 is 6.09 Å². The van der Waals surface area contributed by atoms with Crippen molar-refractivity contribution in [3.63, 3.8) is 0 Å². The van der Waals surface area contributed by atoms with E-state index in [1.54, 1.807) is 51.1 Å². The maximum absolute atomic E-state index is 13.8. The summed E-state index contributed by atoms with van der Waals surface area (Å²) in [6.07, 6.45) is -0.824. The molecule has 1 atom stereocenters. The lowest BCUT2D eigenvalue weighted by atomic mass is 10.1. The first-order valence-electron chi connectivity index (χ1n) is 7.97. The van der Waals surface area contributed by atoms with Crippen LogP contribution in [0.2, 0.25) is 0 Å². The van der Waals surface area contributed by atoms with E-state index in [0.717, 1.165) is 12.1 Å². The molecule has 0 radical (unpaired) electrons. The number of hydrogen-bond donors (Lipinski definition) is 2. The second kappa shape index (κ2) is 7.95. The van der Waals surface area contributed by atoms with E-state index < -0.39 is 41.0 Å². The smallest absolute Gasteiger partial charge is 0.408 e. The van der Waals surface area contributed by atoms with Crippen molar-refractivity contribution in [2.24, 2.45) is 0 Å². The Morgan fingerprint density at radius 1 is 0.962 bits per heavy atom. The summed E-state index contributed by atoms with van der Waals surface area (Å²) < 4.78 is 32.7. The molecule has 0 bridgehead atoms. The summed E-state index contributed by atoms with van der Waals surface area (Å²) in [6.45, 7) is 5.04.